The van der Waals surface area contributed by atoms with Crippen molar-refractivity contribution in [3.8, 4) is 5.75 Å². The molecule has 1 aromatic carbocycles. The molecule has 170 valence electrons. The molecular weight excluding hydrogens is 461 g/mol. The summed E-state index contributed by atoms with van der Waals surface area (Å²) < 4.78 is 52.6. The Labute approximate surface area is 204 Å². The number of carbonyl (C=O) groups excluding carboxylic acids is 1. The average molecular weight is 481 g/mol. The summed E-state index contributed by atoms with van der Waals surface area (Å²) >= 11 is 0. The number of aliphatic hydroxyl groups is 2. The minimum absolute atomic E-state index is 0. The fraction of sp³-hybridized carbons (Fsp3) is 0.444. The molecule has 0 saturated carbocycles. The number of rotatable bonds is 6. The number of hydrogen-bond donors (Lipinski definition) is 3. The molecule has 0 bridgehead atoms. The van der Waals surface area contributed by atoms with Crippen LogP contribution in [0.2, 0.25) is 0 Å². The molecule has 3 rings (SSSR count). The van der Waals surface area contributed by atoms with Crippen LogP contribution in [0.3, 0.4) is 0 Å². The summed E-state index contributed by atoms with van der Waals surface area (Å²) in [7, 11) is -5.08. The van der Waals surface area contributed by atoms with E-state index in [-0.39, 0.29) is 40.9 Å². The first kappa shape index (κ1) is 26.7. The van der Waals surface area contributed by atoms with Crippen molar-refractivity contribution in [1.82, 2.24) is 5.32 Å². The van der Waals surface area contributed by atoms with Gasteiger partial charge in [-0.2, -0.15) is 0 Å². The van der Waals surface area contributed by atoms with E-state index in [2.05, 4.69) is 9.50 Å². The SMILES string of the molecule is CC(=O)N[C@H]1[C@@H](Oc2ccc3c(C)cc(=O)oc3c2)O[C@H](COS(=O)(=O)[O-])[C@@H](O)[C@@H]1O.[Na+]. The summed E-state index contributed by atoms with van der Waals surface area (Å²) in [5.74, 6) is -0.438. The van der Waals surface area contributed by atoms with E-state index in [0.717, 1.165) is 0 Å². The number of fused-ring (bicyclic) bond motifs is 1. The van der Waals surface area contributed by atoms with Gasteiger partial charge in [-0.25, -0.2) is 13.2 Å². The zero-order valence-corrected chi connectivity index (χ0v) is 20.2. The molecule has 5 atom stereocenters. The Morgan fingerprint density at radius 2 is 1.94 bits per heavy atom. The van der Waals surface area contributed by atoms with Crippen LogP contribution in [-0.2, 0) is 24.1 Å². The third kappa shape index (κ3) is 6.50. The van der Waals surface area contributed by atoms with E-state index in [0.29, 0.717) is 10.9 Å². The molecule has 1 aliphatic rings. The summed E-state index contributed by atoms with van der Waals surface area (Å²) in [6.45, 7) is 2.01. The number of benzene rings is 1. The van der Waals surface area contributed by atoms with Crippen LogP contribution >= 0.6 is 0 Å². The molecule has 3 N–H and O–H groups in total. The standard InChI is InChI=1S/C18H21NO11S.Na/c1-8-5-14(21)29-12-6-10(3-4-11(8)12)28-18-15(19-9(2)20)17(23)16(22)13(30-18)7-27-31(24,25)26;/h3-6,13,15-18,22-23H,7H2,1-2H3,(H,19,20)(H,24,25,26);/q;+1/p-1/t13-,15-,16-,17-,18+;/m1./s1. The molecule has 0 radical (unpaired) electrons. The van der Waals surface area contributed by atoms with Crippen molar-refractivity contribution in [2.75, 3.05) is 6.61 Å². The van der Waals surface area contributed by atoms with Crippen LogP contribution in [0.15, 0.2) is 33.5 Å². The van der Waals surface area contributed by atoms with Crippen LogP contribution in [0, 0.1) is 6.92 Å². The Morgan fingerprint density at radius 3 is 2.56 bits per heavy atom. The topological polar surface area (TPSA) is 185 Å². The number of aryl methyl sites for hydroxylation is 1. The molecular formula is C18H20NNaO11S. The minimum atomic E-state index is -5.08. The molecule has 1 aromatic heterocycles. The first-order chi connectivity index (χ1) is 14.4. The molecule has 0 unspecified atom stereocenters. The van der Waals surface area contributed by atoms with Crippen LogP contribution < -0.4 is 45.2 Å². The second-order valence-electron chi connectivity index (χ2n) is 6.97. The van der Waals surface area contributed by atoms with E-state index in [4.69, 9.17) is 13.9 Å². The van der Waals surface area contributed by atoms with Crippen molar-refractivity contribution in [3.63, 3.8) is 0 Å². The Morgan fingerprint density at radius 1 is 1.25 bits per heavy atom. The maximum absolute atomic E-state index is 11.6. The first-order valence-electron chi connectivity index (χ1n) is 9.05. The maximum Gasteiger partial charge on any atom is 1.00 e. The zero-order chi connectivity index (χ0) is 22.9. The smallest absolute Gasteiger partial charge is 0.726 e. The molecule has 2 heterocycles. The Balaban J connectivity index is 0.00000363. The van der Waals surface area contributed by atoms with Crippen molar-refractivity contribution >= 4 is 27.3 Å². The van der Waals surface area contributed by atoms with Crippen molar-refractivity contribution in [1.29, 1.82) is 0 Å². The second kappa shape index (κ2) is 10.6. The summed E-state index contributed by atoms with van der Waals surface area (Å²) in [6.07, 6.45) is -6.23. The molecule has 12 nitrogen and oxygen atoms in total. The fourth-order valence-electron chi connectivity index (χ4n) is 3.22. The second-order valence-corrected chi connectivity index (χ2v) is 8.02. The monoisotopic (exact) mass is 481 g/mol. The number of nitrogens with one attached hydrogen (secondary N) is 1. The van der Waals surface area contributed by atoms with Crippen LogP contribution in [0.25, 0.3) is 11.0 Å². The number of hydrogen-bond acceptors (Lipinski definition) is 11. The number of carbonyl (C=O) groups is 1. The van der Waals surface area contributed by atoms with Crippen LogP contribution in [0.4, 0.5) is 0 Å². The molecule has 1 amide bonds. The summed E-state index contributed by atoms with van der Waals surface area (Å²) in [4.78, 5) is 23.2. The summed E-state index contributed by atoms with van der Waals surface area (Å²) in [5, 5.41) is 23.6. The van der Waals surface area contributed by atoms with Gasteiger partial charge in [-0.15, -0.1) is 0 Å². The molecule has 2 aromatic rings. The Hall–Kier alpha value is -1.55. The quantitative estimate of drug-likeness (QED) is 0.158. The molecule has 1 fully saturated rings. The molecule has 1 aliphatic heterocycles. The van der Waals surface area contributed by atoms with Gasteiger partial charge < -0.3 is 34.0 Å². The van der Waals surface area contributed by atoms with Crippen molar-refractivity contribution in [3.05, 3.63) is 40.2 Å². The van der Waals surface area contributed by atoms with E-state index in [1.54, 1.807) is 13.0 Å². The van der Waals surface area contributed by atoms with Crippen molar-refractivity contribution in [2.24, 2.45) is 0 Å². The third-order valence-electron chi connectivity index (χ3n) is 4.62. The number of amides is 1. The molecule has 32 heavy (non-hydrogen) atoms. The fourth-order valence-corrected chi connectivity index (χ4v) is 3.52. The van der Waals surface area contributed by atoms with E-state index < -0.39 is 59.2 Å². The van der Waals surface area contributed by atoms with Gasteiger partial charge in [0, 0.05) is 24.4 Å². The molecule has 0 aliphatic carbocycles. The van der Waals surface area contributed by atoms with E-state index in [1.807, 2.05) is 0 Å². The zero-order valence-electron chi connectivity index (χ0n) is 17.4. The number of aliphatic hydroxyl groups excluding tert-OH is 2. The van der Waals surface area contributed by atoms with Gasteiger partial charge in [0.2, 0.25) is 22.6 Å². The Bertz CT molecular complexity index is 1140. The van der Waals surface area contributed by atoms with Crippen molar-refractivity contribution < 1.29 is 75.6 Å². The van der Waals surface area contributed by atoms with Gasteiger partial charge in [0.1, 0.15) is 35.7 Å². The summed E-state index contributed by atoms with van der Waals surface area (Å²) in [6, 6.07) is 4.60. The molecule has 0 spiro atoms. The normalized spacial score (nSPS) is 25.7. The average Bonchev–Trinajstić information content (AvgIpc) is 2.65. The van der Waals surface area contributed by atoms with Crippen LogP contribution in [-0.4, -0.2) is 66.3 Å². The predicted octanol–water partition coefficient (Wildman–Crippen LogP) is -4.09. The third-order valence-corrected chi connectivity index (χ3v) is 5.05. The predicted molar refractivity (Wildman–Crippen MR) is 102 cm³/mol. The van der Waals surface area contributed by atoms with Gasteiger partial charge in [-0.3, -0.25) is 8.98 Å². The van der Waals surface area contributed by atoms with Gasteiger partial charge in [-0.1, -0.05) is 0 Å². The van der Waals surface area contributed by atoms with Crippen molar-refractivity contribution in [2.45, 2.75) is 44.5 Å². The first-order valence-corrected chi connectivity index (χ1v) is 10.4. The summed E-state index contributed by atoms with van der Waals surface area (Å²) in [5.41, 5.74) is 0.325. The molecule has 14 heteroatoms. The van der Waals surface area contributed by atoms with E-state index in [1.165, 1.54) is 25.1 Å². The number of ether oxygens (including phenoxy) is 2. The van der Waals surface area contributed by atoms with Crippen LogP contribution in [0.1, 0.15) is 12.5 Å². The van der Waals surface area contributed by atoms with E-state index >= 15 is 0 Å². The Kier molecular flexibility index (Phi) is 8.83. The van der Waals surface area contributed by atoms with Gasteiger partial charge in [0.25, 0.3) is 0 Å². The van der Waals surface area contributed by atoms with Gasteiger partial charge in [-0.05, 0) is 24.6 Å². The van der Waals surface area contributed by atoms with E-state index in [9.17, 15) is 32.8 Å². The van der Waals surface area contributed by atoms with Crippen LogP contribution in [0.5, 0.6) is 5.75 Å². The van der Waals surface area contributed by atoms with Gasteiger partial charge in [0.05, 0.1) is 6.61 Å². The maximum atomic E-state index is 11.6. The van der Waals surface area contributed by atoms with Gasteiger partial charge in [0.15, 0.2) is 0 Å². The van der Waals surface area contributed by atoms with Gasteiger partial charge >= 0.3 is 35.2 Å². The minimum Gasteiger partial charge on any atom is -0.726 e. The molecule has 1 saturated heterocycles. The largest absolute Gasteiger partial charge is 1.00 e.